The van der Waals surface area contributed by atoms with Gasteiger partial charge >= 0.3 is 5.97 Å². The summed E-state index contributed by atoms with van der Waals surface area (Å²) in [6.45, 7) is 5.62. The van der Waals surface area contributed by atoms with Crippen LogP contribution in [0.1, 0.15) is 48.4 Å². The quantitative estimate of drug-likeness (QED) is 0.780. The molecule has 0 spiro atoms. The molecule has 0 bridgehead atoms. The van der Waals surface area contributed by atoms with Crippen LogP contribution >= 0.6 is 0 Å². The predicted octanol–water partition coefficient (Wildman–Crippen LogP) is 1.16. The second-order valence-corrected chi connectivity index (χ2v) is 6.96. The lowest BCUT2D eigenvalue weighted by Crippen LogP contribution is -2.39. The third-order valence-corrected chi connectivity index (χ3v) is 4.66. The Balaban J connectivity index is 2.15. The topological polar surface area (TPSA) is 87.5 Å². The van der Waals surface area contributed by atoms with Gasteiger partial charge in [-0.25, -0.2) is 4.79 Å². The van der Waals surface area contributed by atoms with E-state index >= 15 is 0 Å². The zero-order chi connectivity index (χ0) is 17.9. The minimum absolute atomic E-state index is 0.0225. The Morgan fingerprint density at radius 2 is 2.17 bits per heavy atom. The molecular weight excluding hydrogens is 308 g/mol. The van der Waals surface area contributed by atoms with Gasteiger partial charge in [-0.05, 0) is 32.2 Å². The summed E-state index contributed by atoms with van der Waals surface area (Å²) in [5.74, 6) is -0.514. The summed E-state index contributed by atoms with van der Waals surface area (Å²) >= 11 is 0. The molecule has 0 aromatic carbocycles. The van der Waals surface area contributed by atoms with Crippen molar-refractivity contribution in [2.45, 2.75) is 52.1 Å². The molecule has 7 nitrogen and oxygen atoms in total. The first-order chi connectivity index (χ1) is 11.3. The Morgan fingerprint density at radius 1 is 1.46 bits per heavy atom. The van der Waals surface area contributed by atoms with Gasteiger partial charge in [-0.15, -0.1) is 0 Å². The summed E-state index contributed by atoms with van der Waals surface area (Å²) in [5, 5.41) is 16.5. The molecule has 134 valence electrons. The van der Waals surface area contributed by atoms with Gasteiger partial charge in [0.05, 0.1) is 0 Å². The Kier molecular flexibility index (Phi) is 5.99. The molecule has 24 heavy (non-hydrogen) atoms. The summed E-state index contributed by atoms with van der Waals surface area (Å²) in [6, 6.07) is 0.247. The molecule has 1 aliphatic carbocycles. The average Bonchev–Trinajstić information content (AvgIpc) is 2.89. The van der Waals surface area contributed by atoms with E-state index in [4.69, 9.17) is 0 Å². The number of aromatic carboxylic acids is 1. The zero-order valence-electron chi connectivity index (χ0n) is 15.0. The molecule has 1 aromatic heterocycles. The van der Waals surface area contributed by atoms with E-state index in [1.807, 2.05) is 11.7 Å². The average molecular weight is 336 g/mol. The Labute approximate surface area is 143 Å². The molecule has 7 heteroatoms. The van der Waals surface area contributed by atoms with Crippen LogP contribution in [0.15, 0.2) is 0 Å². The van der Waals surface area contributed by atoms with Crippen molar-refractivity contribution in [2.24, 2.45) is 5.92 Å². The molecule has 0 aliphatic heterocycles. The number of carbonyl (C=O) groups excluding carboxylic acids is 1. The highest BCUT2D eigenvalue weighted by Gasteiger charge is 2.30. The minimum atomic E-state index is -0.956. The lowest BCUT2D eigenvalue weighted by molar-refractivity contribution is -0.121. The lowest BCUT2D eigenvalue weighted by Gasteiger charge is -2.31. The molecule has 1 unspecified atom stereocenters. The highest BCUT2D eigenvalue weighted by atomic mass is 16.4. The van der Waals surface area contributed by atoms with Gasteiger partial charge in [-0.2, -0.15) is 5.10 Å². The van der Waals surface area contributed by atoms with Gasteiger partial charge in [0.25, 0.3) is 0 Å². The first kappa shape index (κ1) is 18.4. The molecule has 1 atom stereocenters. The number of nitrogens with one attached hydrogen (secondary N) is 1. The molecule has 1 amide bonds. The Bertz CT molecular complexity index is 609. The number of carbonyl (C=O) groups is 2. The van der Waals surface area contributed by atoms with Crippen LogP contribution in [-0.4, -0.2) is 58.3 Å². The number of likely N-dealkylation sites (N-methyl/N-ethyl adjacent to an activating group) is 1. The summed E-state index contributed by atoms with van der Waals surface area (Å²) in [5.41, 5.74) is 2.12. The van der Waals surface area contributed by atoms with Crippen molar-refractivity contribution < 1.29 is 14.7 Å². The normalized spacial score (nSPS) is 17.2. The second-order valence-electron chi connectivity index (χ2n) is 6.96. The molecule has 0 saturated heterocycles. The van der Waals surface area contributed by atoms with Crippen LogP contribution in [0.4, 0.5) is 0 Å². The third-order valence-electron chi connectivity index (χ3n) is 4.66. The second kappa shape index (κ2) is 7.79. The monoisotopic (exact) mass is 336 g/mol. The van der Waals surface area contributed by atoms with Crippen LogP contribution in [0.5, 0.6) is 0 Å². The molecule has 1 aromatic rings. The number of nitrogens with zero attached hydrogens (tertiary/aromatic N) is 3. The molecule has 2 N–H and O–H groups in total. The molecule has 0 fully saturated rings. The van der Waals surface area contributed by atoms with Gasteiger partial charge in [0.1, 0.15) is 0 Å². The number of carboxylic acids is 1. The van der Waals surface area contributed by atoms with Crippen LogP contribution in [0.2, 0.25) is 0 Å². The fraction of sp³-hybridized carbons (Fsp3) is 0.706. The number of hydrogen-bond donors (Lipinski definition) is 2. The molecule has 1 heterocycles. The number of aromatic nitrogens is 2. The van der Waals surface area contributed by atoms with Crippen molar-refractivity contribution in [3.8, 4) is 0 Å². The number of amides is 1. The van der Waals surface area contributed by atoms with E-state index in [9.17, 15) is 14.7 Å². The number of carboxylic acid groups (broad SMARTS) is 1. The van der Waals surface area contributed by atoms with Gasteiger partial charge < -0.3 is 15.3 Å². The van der Waals surface area contributed by atoms with Crippen molar-refractivity contribution >= 4 is 11.9 Å². The van der Waals surface area contributed by atoms with Crippen LogP contribution in [0.25, 0.3) is 0 Å². The Hall–Kier alpha value is -1.89. The smallest absolute Gasteiger partial charge is 0.356 e. The van der Waals surface area contributed by atoms with Crippen LogP contribution in [0.3, 0.4) is 0 Å². The summed E-state index contributed by atoms with van der Waals surface area (Å²) in [6.07, 6.45) is 2.92. The van der Waals surface area contributed by atoms with Crippen molar-refractivity contribution in [2.75, 3.05) is 20.6 Å². The van der Waals surface area contributed by atoms with Gasteiger partial charge in [0.2, 0.25) is 5.91 Å². The summed E-state index contributed by atoms with van der Waals surface area (Å²) < 4.78 is 1.88. The highest BCUT2D eigenvalue weighted by molar-refractivity contribution is 5.87. The molecule has 2 rings (SSSR count). The van der Waals surface area contributed by atoms with Crippen molar-refractivity contribution in [1.29, 1.82) is 0 Å². The van der Waals surface area contributed by atoms with Crippen LogP contribution in [-0.2, 0) is 24.2 Å². The fourth-order valence-electron chi connectivity index (χ4n) is 3.30. The first-order valence-corrected chi connectivity index (χ1v) is 8.56. The van der Waals surface area contributed by atoms with Gasteiger partial charge in [-0.1, -0.05) is 13.8 Å². The van der Waals surface area contributed by atoms with E-state index < -0.39 is 5.97 Å². The van der Waals surface area contributed by atoms with E-state index in [1.165, 1.54) is 0 Å². The van der Waals surface area contributed by atoms with Gasteiger partial charge in [-0.3, -0.25) is 9.48 Å². The fourth-order valence-corrected chi connectivity index (χ4v) is 3.30. The SMILES string of the molecule is CNC(=O)CCN(C)C1CCc2c(c(C(=O)O)nn2CC(C)C)C1. The largest absolute Gasteiger partial charge is 0.476 e. The predicted molar refractivity (Wildman–Crippen MR) is 91.2 cm³/mol. The summed E-state index contributed by atoms with van der Waals surface area (Å²) in [7, 11) is 3.63. The van der Waals surface area contributed by atoms with E-state index in [1.54, 1.807) is 7.05 Å². The van der Waals surface area contributed by atoms with E-state index in [0.29, 0.717) is 25.3 Å². The lowest BCUT2D eigenvalue weighted by atomic mass is 9.90. The van der Waals surface area contributed by atoms with E-state index in [-0.39, 0.29) is 17.6 Å². The molecule has 0 radical (unpaired) electrons. The van der Waals surface area contributed by atoms with Crippen LogP contribution < -0.4 is 5.32 Å². The number of fused-ring (bicyclic) bond motifs is 1. The van der Waals surface area contributed by atoms with Crippen molar-refractivity contribution in [1.82, 2.24) is 20.0 Å². The van der Waals surface area contributed by atoms with E-state index in [2.05, 4.69) is 29.2 Å². The maximum absolute atomic E-state index is 11.6. The minimum Gasteiger partial charge on any atom is -0.476 e. The third kappa shape index (κ3) is 4.14. The maximum atomic E-state index is 11.6. The van der Waals surface area contributed by atoms with Gasteiger partial charge in [0.15, 0.2) is 5.69 Å². The molecular formula is C17H28N4O3. The van der Waals surface area contributed by atoms with Crippen LogP contribution in [0, 0.1) is 5.92 Å². The Morgan fingerprint density at radius 3 is 2.75 bits per heavy atom. The molecule has 1 aliphatic rings. The zero-order valence-corrected chi connectivity index (χ0v) is 15.0. The van der Waals surface area contributed by atoms with Gasteiger partial charge in [0, 0.05) is 43.9 Å². The highest BCUT2D eigenvalue weighted by Crippen LogP contribution is 2.27. The molecule has 0 saturated carbocycles. The first-order valence-electron chi connectivity index (χ1n) is 8.56. The maximum Gasteiger partial charge on any atom is 0.356 e. The standard InChI is InChI=1S/C17H28N4O3/c1-11(2)10-21-14-6-5-12(20(4)8-7-15(22)18-3)9-13(14)16(19-21)17(23)24/h11-12H,5-10H2,1-4H3,(H,18,22)(H,23,24). The van der Waals surface area contributed by atoms with Crippen molar-refractivity contribution in [3.05, 3.63) is 17.0 Å². The number of hydrogen-bond acceptors (Lipinski definition) is 4. The van der Waals surface area contributed by atoms with E-state index in [0.717, 1.165) is 30.6 Å². The number of rotatable bonds is 7. The summed E-state index contributed by atoms with van der Waals surface area (Å²) in [4.78, 5) is 25.1. The van der Waals surface area contributed by atoms with Crippen molar-refractivity contribution in [3.63, 3.8) is 0 Å².